The van der Waals surface area contributed by atoms with E-state index in [1.54, 1.807) is 0 Å². The fourth-order valence-electron chi connectivity index (χ4n) is 4.30. The second-order valence-corrected chi connectivity index (χ2v) is 7.25. The summed E-state index contributed by atoms with van der Waals surface area (Å²) in [7, 11) is 0. The van der Waals surface area contributed by atoms with Gasteiger partial charge in [-0.2, -0.15) is 0 Å². The molecule has 0 saturated heterocycles. The molecule has 2 aliphatic rings. The first kappa shape index (κ1) is 12.4. The molecule has 16 heavy (non-hydrogen) atoms. The fourth-order valence-corrected chi connectivity index (χ4v) is 4.30. The Morgan fingerprint density at radius 2 is 1.88 bits per heavy atom. The Morgan fingerprint density at radius 3 is 2.50 bits per heavy atom. The predicted octanol–water partition coefficient (Wildman–Crippen LogP) is 4.00. The van der Waals surface area contributed by atoms with Crippen molar-refractivity contribution in [3.8, 4) is 0 Å². The zero-order chi connectivity index (χ0) is 12.0. The fraction of sp³-hybridized carbons (Fsp3) is 1.00. The molecule has 0 unspecified atom stereocenters. The summed E-state index contributed by atoms with van der Waals surface area (Å²) in [6.45, 7) is 8.91. The third-order valence-electron chi connectivity index (χ3n) is 5.59. The molecular formula is C15H28O. The van der Waals surface area contributed by atoms with E-state index in [0.29, 0.717) is 11.3 Å². The van der Waals surface area contributed by atoms with Gasteiger partial charge >= 0.3 is 0 Å². The highest BCUT2D eigenvalue weighted by molar-refractivity contribution is 4.97. The van der Waals surface area contributed by atoms with Gasteiger partial charge in [0.05, 0.1) is 5.60 Å². The van der Waals surface area contributed by atoms with Crippen LogP contribution in [-0.2, 0) is 0 Å². The molecule has 2 rings (SSSR count). The van der Waals surface area contributed by atoms with Gasteiger partial charge in [0, 0.05) is 0 Å². The van der Waals surface area contributed by atoms with Crippen LogP contribution >= 0.6 is 0 Å². The minimum absolute atomic E-state index is 0.474. The molecule has 0 aromatic rings. The van der Waals surface area contributed by atoms with Crippen molar-refractivity contribution < 1.29 is 5.11 Å². The Hall–Kier alpha value is -0.0400. The lowest BCUT2D eigenvalue weighted by molar-refractivity contribution is -0.0686. The highest BCUT2D eigenvalue weighted by Gasteiger charge is 2.46. The molecule has 0 bridgehead atoms. The van der Waals surface area contributed by atoms with Crippen molar-refractivity contribution in [1.82, 2.24) is 0 Å². The van der Waals surface area contributed by atoms with E-state index in [-0.39, 0.29) is 0 Å². The standard InChI is InChI=1S/C15H28O/c1-11-6-5-8-15(4)9-7-12(10-13(11)15)14(2,3)16/h11-13,16H,5-10H2,1-4H3/t11-,12+,13-,15+/m0/s1. The summed E-state index contributed by atoms with van der Waals surface area (Å²) >= 11 is 0. The average molecular weight is 224 g/mol. The largest absolute Gasteiger partial charge is 0.390 e. The molecule has 0 radical (unpaired) electrons. The van der Waals surface area contributed by atoms with E-state index < -0.39 is 5.60 Å². The van der Waals surface area contributed by atoms with Crippen LogP contribution in [0.1, 0.15) is 66.2 Å². The number of hydrogen-bond acceptors (Lipinski definition) is 1. The minimum Gasteiger partial charge on any atom is -0.390 e. The maximum atomic E-state index is 10.2. The quantitative estimate of drug-likeness (QED) is 0.714. The maximum Gasteiger partial charge on any atom is 0.0619 e. The molecule has 2 fully saturated rings. The van der Waals surface area contributed by atoms with Crippen molar-refractivity contribution in [3.63, 3.8) is 0 Å². The summed E-state index contributed by atoms with van der Waals surface area (Å²) in [6.07, 6.45) is 8.04. The number of rotatable bonds is 1. The van der Waals surface area contributed by atoms with Gasteiger partial charge in [0.2, 0.25) is 0 Å². The molecular weight excluding hydrogens is 196 g/mol. The molecule has 0 amide bonds. The van der Waals surface area contributed by atoms with Gasteiger partial charge in [-0.3, -0.25) is 0 Å². The van der Waals surface area contributed by atoms with Crippen LogP contribution in [0, 0.1) is 23.2 Å². The molecule has 1 N–H and O–H groups in total. The molecule has 94 valence electrons. The molecule has 2 aliphatic carbocycles. The normalized spacial score (nSPS) is 45.2. The average Bonchev–Trinajstić information content (AvgIpc) is 2.15. The van der Waals surface area contributed by atoms with Gasteiger partial charge in [0.1, 0.15) is 0 Å². The lowest BCUT2D eigenvalue weighted by atomic mass is 9.54. The first-order valence-corrected chi connectivity index (χ1v) is 7.05. The van der Waals surface area contributed by atoms with E-state index in [9.17, 15) is 5.11 Å². The van der Waals surface area contributed by atoms with Crippen LogP contribution in [0.25, 0.3) is 0 Å². The molecule has 0 heterocycles. The summed E-state index contributed by atoms with van der Waals surface area (Å²) in [4.78, 5) is 0. The van der Waals surface area contributed by atoms with Crippen LogP contribution in [0.5, 0.6) is 0 Å². The lowest BCUT2D eigenvalue weighted by Gasteiger charge is -2.52. The predicted molar refractivity (Wildman–Crippen MR) is 68.3 cm³/mol. The molecule has 1 heteroatoms. The summed E-state index contributed by atoms with van der Waals surface area (Å²) in [5, 5.41) is 10.2. The zero-order valence-corrected chi connectivity index (χ0v) is 11.4. The Labute approximate surface area is 101 Å². The van der Waals surface area contributed by atoms with Crippen LogP contribution in [-0.4, -0.2) is 10.7 Å². The first-order chi connectivity index (χ1) is 7.33. The topological polar surface area (TPSA) is 20.2 Å². The number of hydrogen-bond donors (Lipinski definition) is 1. The molecule has 1 nitrogen and oxygen atoms in total. The summed E-state index contributed by atoms with van der Waals surface area (Å²) in [5.74, 6) is 2.24. The van der Waals surface area contributed by atoms with E-state index >= 15 is 0 Å². The molecule has 2 saturated carbocycles. The van der Waals surface area contributed by atoms with Crippen LogP contribution in [0.15, 0.2) is 0 Å². The highest BCUT2D eigenvalue weighted by atomic mass is 16.3. The minimum atomic E-state index is -0.474. The van der Waals surface area contributed by atoms with E-state index in [2.05, 4.69) is 13.8 Å². The lowest BCUT2D eigenvalue weighted by Crippen LogP contribution is -2.45. The number of fused-ring (bicyclic) bond motifs is 1. The van der Waals surface area contributed by atoms with Gasteiger partial charge in [-0.1, -0.05) is 26.7 Å². The highest BCUT2D eigenvalue weighted by Crippen LogP contribution is 2.55. The smallest absolute Gasteiger partial charge is 0.0619 e. The van der Waals surface area contributed by atoms with Crippen LogP contribution in [0.2, 0.25) is 0 Å². The van der Waals surface area contributed by atoms with Crippen molar-refractivity contribution in [2.24, 2.45) is 23.2 Å². The third-order valence-corrected chi connectivity index (χ3v) is 5.59. The van der Waals surface area contributed by atoms with Crippen molar-refractivity contribution in [1.29, 1.82) is 0 Å². The zero-order valence-electron chi connectivity index (χ0n) is 11.4. The van der Waals surface area contributed by atoms with Gasteiger partial charge in [-0.25, -0.2) is 0 Å². The van der Waals surface area contributed by atoms with Crippen molar-refractivity contribution >= 4 is 0 Å². The van der Waals surface area contributed by atoms with Crippen LogP contribution in [0.4, 0.5) is 0 Å². The second kappa shape index (κ2) is 4.01. The van der Waals surface area contributed by atoms with Crippen molar-refractivity contribution in [2.75, 3.05) is 0 Å². The molecule has 0 aromatic heterocycles. The Kier molecular flexibility index (Phi) is 3.11. The summed E-state index contributed by atoms with van der Waals surface area (Å²) in [5.41, 5.74) is 0.109. The Balaban J connectivity index is 2.12. The molecule has 0 aromatic carbocycles. The monoisotopic (exact) mass is 224 g/mol. The number of aliphatic hydroxyl groups is 1. The SMILES string of the molecule is C[C@H]1CCC[C@]2(C)CC[C@@H](C(C)(C)O)C[C@@H]12. The molecule has 4 atom stereocenters. The first-order valence-electron chi connectivity index (χ1n) is 7.05. The third kappa shape index (κ3) is 2.16. The molecule has 0 spiro atoms. The van der Waals surface area contributed by atoms with Gasteiger partial charge in [0.15, 0.2) is 0 Å². The Morgan fingerprint density at radius 1 is 1.19 bits per heavy atom. The van der Waals surface area contributed by atoms with E-state index in [0.717, 1.165) is 11.8 Å². The van der Waals surface area contributed by atoms with Gasteiger partial charge < -0.3 is 5.11 Å². The van der Waals surface area contributed by atoms with Gasteiger partial charge in [0.25, 0.3) is 0 Å². The maximum absolute atomic E-state index is 10.2. The van der Waals surface area contributed by atoms with Gasteiger partial charge in [-0.05, 0) is 62.7 Å². The molecule has 0 aliphatic heterocycles. The van der Waals surface area contributed by atoms with E-state index in [4.69, 9.17) is 0 Å². The summed E-state index contributed by atoms with van der Waals surface area (Å²) < 4.78 is 0. The second-order valence-electron chi connectivity index (χ2n) is 7.25. The van der Waals surface area contributed by atoms with Crippen LogP contribution in [0.3, 0.4) is 0 Å². The van der Waals surface area contributed by atoms with Crippen molar-refractivity contribution in [3.05, 3.63) is 0 Å². The van der Waals surface area contributed by atoms with Crippen LogP contribution < -0.4 is 0 Å². The van der Waals surface area contributed by atoms with Crippen molar-refractivity contribution in [2.45, 2.75) is 71.8 Å². The summed E-state index contributed by atoms with van der Waals surface area (Å²) in [6, 6.07) is 0. The van der Waals surface area contributed by atoms with E-state index in [1.165, 1.54) is 38.5 Å². The van der Waals surface area contributed by atoms with E-state index in [1.807, 2.05) is 13.8 Å². The Bertz CT molecular complexity index is 253. The van der Waals surface area contributed by atoms with Gasteiger partial charge in [-0.15, -0.1) is 0 Å².